The number of nitrogens with zero attached hydrogens (tertiary/aromatic N) is 3. The molecular formula is C11H11BrN4O. The molecule has 2 heterocycles. The molecule has 0 saturated heterocycles. The quantitative estimate of drug-likeness (QED) is 0.939. The maximum absolute atomic E-state index is 11.7. The Morgan fingerprint density at radius 1 is 1.47 bits per heavy atom. The Balaban J connectivity index is 1.87. The van der Waals surface area contributed by atoms with Crippen LogP contribution in [0.15, 0.2) is 41.4 Å². The average molecular weight is 295 g/mol. The van der Waals surface area contributed by atoms with Gasteiger partial charge in [-0.25, -0.2) is 0 Å². The average Bonchev–Trinajstić information content (AvgIpc) is 2.82. The molecule has 2 aromatic heterocycles. The number of anilines is 1. The standard InChI is InChI=1S/C11H11BrN4O/c12-9-8-13-5-2-10(9)15-11(17)3-7-16-6-1-4-14-16/h1-2,4-6,8H,3,7H2,(H,13,15,17). The summed E-state index contributed by atoms with van der Waals surface area (Å²) < 4.78 is 2.49. The van der Waals surface area contributed by atoms with E-state index in [0.717, 1.165) is 10.2 Å². The Kier molecular flexibility index (Phi) is 3.87. The molecular weight excluding hydrogens is 284 g/mol. The lowest BCUT2D eigenvalue weighted by Crippen LogP contribution is -2.15. The number of pyridine rings is 1. The summed E-state index contributed by atoms with van der Waals surface area (Å²) in [5, 5.41) is 6.84. The molecule has 0 aliphatic rings. The van der Waals surface area contributed by atoms with Crippen molar-refractivity contribution >= 4 is 27.5 Å². The number of rotatable bonds is 4. The number of hydrogen-bond donors (Lipinski definition) is 1. The number of carbonyl (C=O) groups is 1. The van der Waals surface area contributed by atoms with Gasteiger partial charge in [0.1, 0.15) is 0 Å². The van der Waals surface area contributed by atoms with E-state index in [2.05, 4.69) is 31.3 Å². The van der Waals surface area contributed by atoms with Gasteiger partial charge in [-0.1, -0.05) is 0 Å². The van der Waals surface area contributed by atoms with Crippen molar-refractivity contribution in [2.75, 3.05) is 5.32 Å². The summed E-state index contributed by atoms with van der Waals surface area (Å²) in [6.45, 7) is 0.571. The zero-order valence-corrected chi connectivity index (χ0v) is 10.6. The Hall–Kier alpha value is -1.69. The Bertz CT molecular complexity index is 498. The van der Waals surface area contributed by atoms with Gasteiger partial charge in [0.05, 0.1) is 10.2 Å². The van der Waals surface area contributed by atoms with Crippen LogP contribution in [0, 0.1) is 0 Å². The summed E-state index contributed by atoms with van der Waals surface area (Å²) >= 11 is 3.32. The SMILES string of the molecule is O=C(CCn1cccn1)Nc1ccncc1Br. The van der Waals surface area contributed by atoms with Crippen LogP contribution in [0.1, 0.15) is 6.42 Å². The minimum Gasteiger partial charge on any atom is -0.325 e. The Morgan fingerprint density at radius 3 is 3.06 bits per heavy atom. The van der Waals surface area contributed by atoms with Crippen LogP contribution in [-0.2, 0) is 11.3 Å². The van der Waals surface area contributed by atoms with Crippen LogP contribution in [0.4, 0.5) is 5.69 Å². The molecule has 17 heavy (non-hydrogen) atoms. The molecule has 88 valence electrons. The maximum atomic E-state index is 11.7. The van der Waals surface area contributed by atoms with Crippen LogP contribution in [0.3, 0.4) is 0 Å². The van der Waals surface area contributed by atoms with Crippen LogP contribution in [-0.4, -0.2) is 20.7 Å². The van der Waals surface area contributed by atoms with Gasteiger partial charge in [-0.15, -0.1) is 0 Å². The Morgan fingerprint density at radius 2 is 2.35 bits per heavy atom. The lowest BCUT2D eigenvalue weighted by molar-refractivity contribution is -0.116. The lowest BCUT2D eigenvalue weighted by atomic mass is 10.3. The molecule has 0 aliphatic heterocycles. The van der Waals surface area contributed by atoms with E-state index >= 15 is 0 Å². The van der Waals surface area contributed by atoms with Crippen LogP contribution in [0.2, 0.25) is 0 Å². The Labute approximate surface area is 107 Å². The van der Waals surface area contributed by atoms with Crippen molar-refractivity contribution < 1.29 is 4.79 Å². The number of nitrogens with one attached hydrogen (secondary N) is 1. The second-order valence-corrected chi connectivity index (χ2v) is 4.28. The second kappa shape index (κ2) is 5.58. The predicted molar refractivity (Wildman–Crippen MR) is 67.4 cm³/mol. The number of aromatic nitrogens is 3. The van der Waals surface area contributed by atoms with E-state index in [4.69, 9.17) is 0 Å². The number of hydrogen-bond acceptors (Lipinski definition) is 3. The fourth-order valence-electron chi connectivity index (χ4n) is 1.34. The third kappa shape index (κ3) is 3.39. The van der Waals surface area contributed by atoms with E-state index in [1.54, 1.807) is 29.3 Å². The first kappa shape index (κ1) is 11.8. The summed E-state index contributed by atoms with van der Waals surface area (Å²) in [4.78, 5) is 15.6. The van der Waals surface area contributed by atoms with E-state index < -0.39 is 0 Å². The molecule has 0 aromatic carbocycles. The molecule has 0 aliphatic carbocycles. The van der Waals surface area contributed by atoms with E-state index in [1.165, 1.54) is 0 Å². The number of halogens is 1. The van der Waals surface area contributed by atoms with E-state index in [9.17, 15) is 4.79 Å². The lowest BCUT2D eigenvalue weighted by Gasteiger charge is -2.06. The summed E-state index contributed by atoms with van der Waals surface area (Å²) in [6.07, 6.45) is 7.18. The first-order chi connectivity index (χ1) is 8.25. The third-order valence-corrected chi connectivity index (χ3v) is 2.81. The molecule has 2 aromatic rings. The zero-order valence-electron chi connectivity index (χ0n) is 9.01. The van der Waals surface area contributed by atoms with Crippen molar-refractivity contribution in [3.8, 4) is 0 Å². The van der Waals surface area contributed by atoms with Gasteiger partial charge in [-0.05, 0) is 28.1 Å². The van der Waals surface area contributed by atoms with Crippen molar-refractivity contribution in [2.24, 2.45) is 0 Å². The summed E-state index contributed by atoms with van der Waals surface area (Å²) in [5.74, 6) is -0.0487. The molecule has 0 unspecified atom stereocenters. The zero-order chi connectivity index (χ0) is 12.1. The van der Waals surface area contributed by atoms with Gasteiger partial charge in [0.25, 0.3) is 0 Å². The van der Waals surface area contributed by atoms with Crippen molar-refractivity contribution in [3.05, 3.63) is 41.4 Å². The van der Waals surface area contributed by atoms with Gasteiger partial charge in [0.15, 0.2) is 0 Å². The smallest absolute Gasteiger partial charge is 0.226 e. The van der Waals surface area contributed by atoms with Crippen molar-refractivity contribution in [1.29, 1.82) is 0 Å². The highest BCUT2D eigenvalue weighted by molar-refractivity contribution is 9.10. The minimum atomic E-state index is -0.0487. The third-order valence-electron chi connectivity index (χ3n) is 2.17. The van der Waals surface area contributed by atoms with Crippen LogP contribution in [0.5, 0.6) is 0 Å². The molecule has 2 rings (SSSR count). The largest absolute Gasteiger partial charge is 0.325 e. The van der Waals surface area contributed by atoms with E-state index in [1.807, 2.05) is 12.3 Å². The monoisotopic (exact) mass is 294 g/mol. The van der Waals surface area contributed by atoms with Gasteiger partial charge < -0.3 is 5.32 Å². The van der Waals surface area contributed by atoms with E-state index in [0.29, 0.717) is 13.0 Å². The molecule has 1 amide bonds. The van der Waals surface area contributed by atoms with Crippen LogP contribution >= 0.6 is 15.9 Å². The maximum Gasteiger partial charge on any atom is 0.226 e. The van der Waals surface area contributed by atoms with E-state index in [-0.39, 0.29) is 5.91 Å². The molecule has 5 nitrogen and oxygen atoms in total. The van der Waals surface area contributed by atoms with Gasteiger partial charge >= 0.3 is 0 Å². The molecule has 0 saturated carbocycles. The van der Waals surface area contributed by atoms with Gasteiger partial charge in [0.2, 0.25) is 5.91 Å². The second-order valence-electron chi connectivity index (χ2n) is 3.42. The highest BCUT2D eigenvalue weighted by atomic mass is 79.9. The van der Waals surface area contributed by atoms with Crippen molar-refractivity contribution in [3.63, 3.8) is 0 Å². The molecule has 1 N–H and O–H groups in total. The normalized spacial score (nSPS) is 10.2. The molecule has 6 heteroatoms. The number of carbonyl (C=O) groups excluding carboxylic acids is 1. The molecule has 0 radical (unpaired) electrons. The first-order valence-electron chi connectivity index (χ1n) is 5.12. The predicted octanol–water partition coefficient (Wildman–Crippen LogP) is 2.07. The molecule has 0 bridgehead atoms. The summed E-state index contributed by atoms with van der Waals surface area (Å²) in [5.41, 5.74) is 0.727. The molecule has 0 fully saturated rings. The molecule has 0 spiro atoms. The van der Waals surface area contributed by atoms with Crippen molar-refractivity contribution in [2.45, 2.75) is 13.0 Å². The summed E-state index contributed by atoms with van der Waals surface area (Å²) in [7, 11) is 0. The van der Waals surface area contributed by atoms with Crippen molar-refractivity contribution in [1.82, 2.24) is 14.8 Å². The molecule has 0 atom stereocenters. The fourth-order valence-corrected chi connectivity index (χ4v) is 1.69. The highest BCUT2D eigenvalue weighted by Crippen LogP contribution is 2.19. The van der Waals surface area contributed by atoms with Gasteiger partial charge in [-0.2, -0.15) is 5.10 Å². The number of amides is 1. The topological polar surface area (TPSA) is 59.8 Å². The first-order valence-corrected chi connectivity index (χ1v) is 5.92. The summed E-state index contributed by atoms with van der Waals surface area (Å²) in [6, 6.07) is 3.58. The van der Waals surface area contributed by atoms with Gasteiger partial charge in [-0.3, -0.25) is 14.5 Å². The van der Waals surface area contributed by atoms with Crippen LogP contribution < -0.4 is 5.32 Å². The fraction of sp³-hybridized carbons (Fsp3) is 0.182. The van der Waals surface area contributed by atoms with Gasteiger partial charge in [0, 0.05) is 37.8 Å². The van der Waals surface area contributed by atoms with Crippen LogP contribution in [0.25, 0.3) is 0 Å². The minimum absolute atomic E-state index is 0.0487. The number of aryl methyl sites for hydroxylation is 1. The highest BCUT2D eigenvalue weighted by Gasteiger charge is 2.05.